The summed E-state index contributed by atoms with van der Waals surface area (Å²) in [6.45, 7) is 0.281. The third-order valence-electron chi connectivity index (χ3n) is 2.49. The van der Waals surface area contributed by atoms with E-state index in [0.29, 0.717) is 4.47 Å². The molecule has 2 aromatic rings. The first kappa shape index (κ1) is 13.7. The molecule has 19 heavy (non-hydrogen) atoms. The van der Waals surface area contributed by atoms with Gasteiger partial charge in [-0.15, -0.1) is 0 Å². The van der Waals surface area contributed by atoms with Crippen LogP contribution in [0.15, 0.2) is 34.8 Å². The molecule has 0 aromatic heterocycles. The smallest absolute Gasteiger partial charge is 0.194 e. The minimum atomic E-state index is -1.49. The molecule has 0 bridgehead atoms. The van der Waals surface area contributed by atoms with Crippen molar-refractivity contribution in [2.24, 2.45) is 0 Å². The Morgan fingerprint density at radius 1 is 1.05 bits per heavy atom. The van der Waals surface area contributed by atoms with Crippen molar-refractivity contribution in [3.05, 3.63) is 57.8 Å². The lowest BCUT2D eigenvalue weighted by molar-refractivity contribution is 0.447. The van der Waals surface area contributed by atoms with E-state index in [2.05, 4.69) is 21.2 Å². The molecule has 0 saturated heterocycles. The Balaban J connectivity index is 2.12. The maximum atomic E-state index is 13.0. The van der Waals surface area contributed by atoms with Gasteiger partial charge in [0.05, 0.1) is 4.47 Å². The molecule has 2 nitrogen and oxygen atoms in total. The molecule has 0 spiro atoms. The number of aromatic hydroxyl groups is 1. The van der Waals surface area contributed by atoms with Crippen molar-refractivity contribution in [1.29, 1.82) is 0 Å². The molecule has 0 heterocycles. The van der Waals surface area contributed by atoms with Crippen molar-refractivity contribution in [1.82, 2.24) is 0 Å². The summed E-state index contributed by atoms with van der Waals surface area (Å²) >= 11 is 3.16. The van der Waals surface area contributed by atoms with Crippen molar-refractivity contribution in [3.8, 4) is 5.75 Å². The first-order chi connectivity index (χ1) is 8.97. The zero-order valence-electron chi connectivity index (χ0n) is 9.55. The Labute approximate surface area is 116 Å². The third kappa shape index (κ3) is 3.20. The van der Waals surface area contributed by atoms with Crippen LogP contribution < -0.4 is 5.32 Å². The molecule has 0 aliphatic rings. The van der Waals surface area contributed by atoms with Gasteiger partial charge in [0.1, 0.15) is 5.75 Å². The third-order valence-corrected chi connectivity index (χ3v) is 3.13. The maximum Gasteiger partial charge on any atom is 0.194 e. The van der Waals surface area contributed by atoms with E-state index in [9.17, 15) is 18.3 Å². The molecule has 2 aromatic carbocycles. The molecule has 0 atom stereocenters. The van der Waals surface area contributed by atoms with Crippen LogP contribution in [0.4, 0.5) is 18.9 Å². The summed E-state index contributed by atoms with van der Waals surface area (Å²) in [4.78, 5) is 0. The van der Waals surface area contributed by atoms with Gasteiger partial charge >= 0.3 is 0 Å². The lowest BCUT2D eigenvalue weighted by atomic mass is 10.2. The first-order valence-corrected chi connectivity index (χ1v) is 6.12. The first-order valence-electron chi connectivity index (χ1n) is 5.33. The zero-order chi connectivity index (χ0) is 14.0. The van der Waals surface area contributed by atoms with E-state index in [0.717, 1.165) is 17.7 Å². The maximum absolute atomic E-state index is 13.0. The molecule has 0 amide bonds. The van der Waals surface area contributed by atoms with Gasteiger partial charge < -0.3 is 10.4 Å². The van der Waals surface area contributed by atoms with E-state index in [1.54, 1.807) is 12.1 Å². The van der Waals surface area contributed by atoms with Crippen LogP contribution >= 0.6 is 15.9 Å². The summed E-state index contributed by atoms with van der Waals surface area (Å²) in [6, 6.07) is 6.58. The summed E-state index contributed by atoms with van der Waals surface area (Å²) in [5.41, 5.74) is 0.926. The van der Waals surface area contributed by atoms with E-state index < -0.39 is 17.5 Å². The summed E-state index contributed by atoms with van der Waals surface area (Å²) < 4.78 is 39.3. The van der Waals surface area contributed by atoms with Crippen molar-refractivity contribution in [3.63, 3.8) is 0 Å². The van der Waals surface area contributed by atoms with Gasteiger partial charge in [-0.25, -0.2) is 13.2 Å². The molecule has 0 fully saturated rings. The van der Waals surface area contributed by atoms with Crippen LogP contribution in [0.3, 0.4) is 0 Å². The second-order valence-electron chi connectivity index (χ2n) is 3.89. The minimum Gasteiger partial charge on any atom is -0.507 e. The molecule has 6 heteroatoms. The number of hydrogen-bond acceptors (Lipinski definition) is 2. The van der Waals surface area contributed by atoms with Crippen molar-refractivity contribution in [2.45, 2.75) is 6.54 Å². The predicted octanol–water partition coefficient (Wildman–Crippen LogP) is 4.18. The lowest BCUT2D eigenvalue weighted by Gasteiger charge is -2.08. The van der Waals surface area contributed by atoms with E-state index in [1.165, 1.54) is 6.07 Å². The molecule has 2 N–H and O–H groups in total. The molecular weight excluding hydrogens is 323 g/mol. The van der Waals surface area contributed by atoms with Crippen molar-refractivity contribution < 1.29 is 18.3 Å². The fraction of sp³-hybridized carbons (Fsp3) is 0.0769. The number of halogens is 4. The van der Waals surface area contributed by atoms with Gasteiger partial charge in [-0.3, -0.25) is 0 Å². The van der Waals surface area contributed by atoms with Crippen molar-refractivity contribution >= 4 is 21.6 Å². The predicted molar refractivity (Wildman–Crippen MR) is 69.4 cm³/mol. The van der Waals surface area contributed by atoms with Gasteiger partial charge in [-0.1, -0.05) is 6.07 Å². The van der Waals surface area contributed by atoms with E-state index in [1.807, 2.05) is 0 Å². The average molecular weight is 332 g/mol. The topological polar surface area (TPSA) is 32.3 Å². The molecule has 2 rings (SSSR count). The van der Waals surface area contributed by atoms with Gasteiger partial charge in [0.15, 0.2) is 17.5 Å². The minimum absolute atomic E-state index is 0.0996. The fourth-order valence-corrected chi connectivity index (χ4v) is 1.95. The molecule has 0 aliphatic carbocycles. The van der Waals surface area contributed by atoms with Gasteiger partial charge in [0, 0.05) is 24.4 Å². The van der Waals surface area contributed by atoms with Crippen LogP contribution in [-0.4, -0.2) is 5.11 Å². The number of nitrogens with one attached hydrogen (secondary N) is 1. The van der Waals surface area contributed by atoms with Crippen LogP contribution in [-0.2, 0) is 6.54 Å². The monoisotopic (exact) mass is 331 g/mol. The molecule has 0 aliphatic heterocycles. The standard InChI is InChI=1S/C13H9BrF3NO/c14-9-3-7(1-2-12(9)19)6-18-8-4-10(15)13(17)11(16)5-8/h1-5,18-19H,6H2. The number of anilines is 1. The Morgan fingerprint density at radius 2 is 1.68 bits per heavy atom. The average Bonchev–Trinajstić information content (AvgIpc) is 2.37. The van der Waals surface area contributed by atoms with E-state index in [4.69, 9.17) is 0 Å². The normalized spacial score (nSPS) is 10.5. The van der Waals surface area contributed by atoms with Crippen LogP contribution in [0.5, 0.6) is 5.75 Å². The van der Waals surface area contributed by atoms with E-state index >= 15 is 0 Å². The molecular formula is C13H9BrF3NO. The number of rotatable bonds is 3. The molecule has 100 valence electrons. The fourth-order valence-electron chi connectivity index (χ4n) is 1.52. The quantitative estimate of drug-likeness (QED) is 0.827. The van der Waals surface area contributed by atoms with Gasteiger partial charge in [-0.05, 0) is 33.6 Å². The second-order valence-corrected chi connectivity index (χ2v) is 4.75. The summed E-state index contributed by atoms with van der Waals surface area (Å²) in [7, 11) is 0. The lowest BCUT2D eigenvalue weighted by Crippen LogP contribution is -2.02. The number of phenols is 1. The number of benzene rings is 2. The highest BCUT2D eigenvalue weighted by atomic mass is 79.9. The number of phenolic OH excluding ortho intramolecular Hbond substituents is 1. The zero-order valence-corrected chi connectivity index (χ0v) is 11.1. The summed E-state index contributed by atoms with van der Waals surface area (Å²) in [6.07, 6.45) is 0. The summed E-state index contributed by atoms with van der Waals surface area (Å²) in [5, 5.41) is 12.1. The Hall–Kier alpha value is -1.69. The van der Waals surface area contributed by atoms with Gasteiger partial charge in [0.25, 0.3) is 0 Å². The van der Waals surface area contributed by atoms with Crippen LogP contribution in [0, 0.1) is 17.5 Å². The summed E-state index contributed by atoms with van der Waals surface area (Å²) in [5.74, 6) is -3.87. The van der Waals surface area contributed by atoms with Gasteiger partial charge in [0.2, 0.25) is 0 Å². The molecule has 0 saturated carbocycles. The highest BCUT2D eigenvalue weighted by Crippen LogP contribution is 2.25. The second kappa shape index (κ2) is 5.52. The Bertz CT molecular complexity index is 596. The highest BCUT2D eigenvalue weighted by molar-refractivity contribution is 9.10. The Kier molecular flexibility index (Phi) is 3.99. The molecule has 0 radical (unpaired) electrons. The SMILES string of the molecule is Oc1ccc(CNc2cc(F)c(F)c(F)c2)cc1Br. The van der Waals surface area contributed by atoms with Crippen molar-refractivity contribution in [2.75, 3.05) is 5.32 Å². The molecule has 0 unspecified atom stereocenters. The van der Waals surface area contributed by atoms with Gasteiger partial charge in [-0.2, -0.15) is 0 Å². The number of hydrogen-bond donors (Lipinski definition) is 2. The van der Waals surface area contributed by atoms with E-state index in [-0.39, 0.29) is 18.0 Å². The Morgan fingerprint density at radius 3 is 2.26 bits per heavy atom. The van der Waals surface area contributed by atoms with Crippen LogP contribution in [0.25, 0.3) is 0 Å². The highest BCUT2D eigenvalue weighted by Gasteiger charge is 2.10. The van der Waals surface area contributed by atoms with Crippen LogP contribution in [0.1, 0.15) is 5.56 Å². The largest absolute Gasteiger partial charge is 0.507 e. The van der Waals surface area contributed by atoms with Crippen LogP contribution in [0.2, 0.25) is 0 Å².